The second-order valence-electron chi connectivity index (χ2n) is 7.65. The maximum absolute atomic E-state index is 10.1. The minimum Gasteiger partial charge on any atom is -0.507 e. The second kappa shape index (κ2) is 11.0. The van der Waals surface area contributed by atoms with Gasteiger partial charge in [-0.2, -0.15) is 0 Å². The topological polar surface area (TPSA) is 20.2 Å². The molecule has 27 heavy (non-hydrogen) atoms. The van der Waals surface area contributed by atoms with E-state index in [2.05, 4.69) is 45.0 Å². The molecule has 0 spiro atoms. The van der Waals surface area contributed by atoms with E-state index in [4.69, 9.17) is 0 Å². The molecule has 0 bridgehead atoms. The largest absolute Gasteiger partial charge is 0.507 e. The number of thioether (sulfide) groups is 1. The molecule has 2 aromatic carbocycles. The molecule has 0 aromatic heterocycles. The first-order valence-electron chi connectivity index (χ1n) is 10.5. The lowest BCUT2D eigenvalue weighted by Gasteiger charge is -2.16. The zero-order chi connectivity index (χ0) is 19.8. The van der Waals surface area contributed by atoms with Crippen LogP contribution in [-0.4, -0.2) is 20.0 Å². The predicted molar refractivity (Wildman–Crippen MR) is 125 cm³/mol. The molecule has 0 radical (unpaired) electrons. The highest BCUT2D eigenvalue weighted by Gasteiger charge is 2.12. The SMILES string of the molecule is CCCCc1cccc([SiH2]CSc2cc(C)c(O)c(C)c2C)c1CCCC. The van der Waals surface area contributed by atoms with E-state index in [1.807, 2.05) is 25.6 Å². The van der Waals surface area contributed by atoms with E-state index >= 15 is 0 Å². The van der Waals surface area contributed by atoms with Gasteiger partial charge in [-0.3, -0.25) is 0 Å². The summed E-state index contributed by atoms with van der Waals surface area (Å²) in [7, 11) is -0.307. The Labute approximate surface area is 172 Å². The highest BCUT2D eigenvalue weighted by Crippen LogP contribution is 2.32. The highest BCUT2D eigenvalue weighted by atomic mass is 32.2. The molecule has 0 aliphatic carbocycles. The normalized spacial score (nSPS) is 11.6. The van der Waals surface area contributed by atoms with Gasteiger partial charge in [0.15, 0.2) is 0 Å². The number of rotatable bonds is 10. The second-order valence-corrected chi connectivity index (χ2v) is 11.3. The molecule has 148 valence electrons. The van der Waals surface area contributed by atoms with E-state index in [1.54, 1.807) is 16.3 Å². The maximum atomic E-state index is 10.1. The third-order valence-corrected chi connectivity index (χ3v) is 9.16. The van der Waals surface area contributed by atoms with Gasteiger partial charge in [0.05, 0.1) is 9.52 Å². The van der Waals surface area contributed by atoms with Gasteiger partial charge in [-0.1, -0.05) is 50.1 Å². The molecule has 0 aliphatic rings. The Morgan fingerprint density at radius 2 is 1.67 bits per heavy atom. The van der Waals surface area contributed by atoms with Gasteiger partial charge in [0.1, 0.15) is 5.75 Å². The van der Waals surface area contributed by atoms with Crippen molar-refractivity contribution in [3.8, 4) is 5.75 Å². The summed E-state index contributed by atoms with van der Waals surface area (Å²) in [5, 5.41) is 13.0. The fourth-order valence-corrected chi connectivity index (χ4v) is 7.46. The average molecular weight is 401 g/mol. The van der Waals surface area contributed by atoms with Gasteiger partial charge in [0.25, 0.3) is 0 Å². The molecule has 0 aliphatic heterocycles. The number of benzene rings is 2. The van der Waals surface area contributed by atoms with E-state index in [-0.39, 0.29) is 9.52 Å². The van der Waals surface area contributed by atoms with E-state index in [9.17, 15) is 5.11 Å². The molecule has 2 aromatic rings. The van der Waals surface area contributed by atoms with Crippen molar-refractivity contribution in [1.82, 2.24) is 0 Å². The zero-order valence-electron chi connectivity index (χ0n) is 17.8. The molecule has 3 heteroatoms. The van der Waals surface area contributed by atoms with Gasteiger partial charge in [-0.05, 0) is 85.7 Å². The Morgan fingerprint density at radius 1 is 0.963 bits per heavy atom. The van der Waals surface area contributed by atoms with Crippen LogP contribution in [0.25, 0.3) is 0 Å². The predicted octanol–water partition coefficient (Wildman–Crippen LogP) is 5.55. The van der Waals surface area contributed by atoms with Gasteiger partial charge in [0, 0.05) is 4.90 Å². The molecule has 0 unspecified atom stereocenters. The van der Waals surface area contributed by atoms with Crippen LogP contribution in [0.15, 0.2) is 29.2 Å². The number of aromatic hydroxyl groups is 1. The zero-order valence-corrected chi connectivity index (χ0v) is 20.1. The van der Waals surface area contributed by atoms with Crippen LogP contribution in [-0.2, 0) is 12.8 Å². The Balaban J connectivity index is 2.13. The molecule has 1 N–H and O–H groups in total. The summed E-state index contributed by atoms with van der Waals surface area (Å²) >= 11 is 1.99. The number of hydrogen-bond acceptors (Lipinski definition) is 2. The monoisotopic (exact) mass is 400 g/mol. The van der Waals surface area contributed by atoms with Crippen molar-refractivity contribution in [3.05, 3.63) is 52.1 Å². The molecular formula is C24H36OSSi. The number of phenolic OH excluding ortho intramolecular Hbond substituents is 1. The minimum absolute atomic E-state index is 0.307. The summed E-state index contributed by atoms with van der Waals surface area (Å²) in [6.07, 6.45) is 7.62. The van der Waals surface area contributed by atoms with Crippen LogP contribution in [0.2, 0.25) is 0 Å². The number of unbranched alkanes of at least 4 members (excludes halogenated alkanes) is 2. The van der Waals surface area contributed by atoms with Gasteiger partial charge < -0.3 is 5.11 Å². The average Bonchev–Trinajstić information content (AvgIpc) is 2.67. The van der Waals surface area contributed by atoms with Crippen molar-refractivity contribution in [2.45, 2.75) is 78.0 Å². The number of phenols is 1. The van der Waals surface area contributed by atoms with Crippen LogP contribution in [0.5, 0.6) is 5.75 Å². The van der Waals surface area contributed by atoms with Crippen LogP contribution in [0.4, 0.5) is 0 Å². The van der Waals surface area contributed by atoms with Gasteiger partial charge in [-0.15, -0.1) is 11.8 Å². The molecular weight excluding hydrogens is 364 g/mol. The van der Waals surface area contributed by atoms with Crippen molar-refractivity contribution in [1.29, 1.82) is 0 Å². The lowest BCUT2D eigenvalue weighted by atomic mass is 9.98. The summed E-state index contributed by atoms with van der Waals surface area (Å²) in [4.78, 5) is 1.34. The summed E-state index contributed by atoms with van der Waals surface area (Å²) < 4.78 is 0. The van der Waals surface area contributed by atoms with Crippen molar-refractivity contribution in [3.63, 3.8) is 0 Å². The molecule has 0 amide bonds. The lowest BCUT2D eigenvalue weighted by Crippen LogP contribution is -2.23. The van der Waals surface area contributed by atoms with Crippen molar-refractivity contribution in [2.24, 2.45) is 0 Å². The lowest BCUT2D eigenvalue weighted by molar-refractivity contribution is 0.465. The maximum Gasteiger partial charge on any atom is 0.121 e. The van der Waals surface area contributed by atoms with Crippen LogP contribution in [0.1, 0.15) is 67.3 Å². The highest BCUT2D eigenvalue weighted by molar-refractivity contribution is 8.00. The molecule has 1 nitrogen and oxygen atoms in total. The quantitative estimate of drug-likeness (QED) is 0.417. The van der Waals surface area contributed by atoms with Crippen molar-refractivity contribution < 1.29 is 5.11 Å². The van der Waals surface area contributed by atoms with Gasteiger partial charge in [0.2, 0.25) is 0 Å². The first-order valence-corrected chi connectivity index (χ1v) is 13.2. The van der Waals surface area contributed by atoms with Crippen LogP contribution < -0.4 is 5.19 Å². The Kier molecular flexibility index (Phi) is 8.98. The standard InChI is InChI=1S/C24H36OSSi/c1-6-8-11-20-12-10-14-23(21(20)13-9-7-2)27-16-26-22-15-17(3)24(25)19(5)18(22)4/h10,12,14-15,25H,6-9,11,13,16,27H2,1-5H3. The summed E-state index contributed by atoms with van der Waals surface area (Å²) in [6, 6.07) is 9.20. The minimum atomic E-state index is -0.307. The Bertz CT molecular complexity index is 755. The number of aryl methyl sites for hydroxylation is 2. The molecule has 0 saturated carbocycles. The van der Waals surface area contributed by atoms with E-state index in [0.29, 0.717) is 5.75 Å². The summed E-state index contributed by atoms with van der Waals surface area (Å²) in [6.45, 7) is 10.7. The van der Waals surface area contributed by atoms with Crippen LogP contribution in [0.3, 0.4) is 0 Å². The third-order valence-electron chi connectivity index (χ3n) is 5.59. The van der Waals surface area contributed by atoms with Crippen LogP contribution >= 0.6 is 11.8 Å². The van der Waals surface area contributed by atoms with Gasteiger partial charge >= 0.3 is 0 Å². The van der Waals surface area contributed by atoms with Crippen molar-refractivity contribution >= 4 is 26.5 Å². The van der Waals surface area contributed by atoms with E-state index < -0.39 is 0 Å². The van der Waals surface area contributed by atoms with E-state index in [1.165, 1.54) is 54.4 Å². The third kappa shape index (κ3) is 5.89. The Morgan fingerprint density at radius 3 is 2.37 bits per heavy atom. The van der Waals surface area contributed by atoms with Crippen LogP contribution in [0, 0.1) is 20.8 Å². The Hall–Kier alpha value is -1.19. The molecule has 2 rings (SSSR count). The van der Waals surface area contributed by atoms with Gasteiger partial charge in [-0.25, -0.2) is 0 Å². The molecule has 0 saturated heterocycles. The van der Waals surface area contributed by atoms with Crippen molar-refractivity contribution in [2.75, 3.05) is 5.38 Å². The molecule has 0 fully saturated rings. The first-order chi connectivity index (χ1) is 13.0. The fraction of sp³-hybridized carbons (Fsp3) is 0.500. The first kappa shape index (κ1) is 22.1. The summed E-state index contributed by atoms with van der Waals surface area (Å²) in [5.74, 6) is 0.458. The smallest absolute Gasteiger partial charge is 0.121 e. The molecule has 0 heterocycles. The number of hydrogen-bond donors (Lipinski definition) is 1. The summed E-state index contributed by atoms with van der Waals surface area (Å²) in [5.41, 5.74) is 6.54. The van der Waals surface area contributed by atoms with E-state index in [0.717, 1.165) is 11.1 Å². The fourth-order valence-electron chi connectivity index (χ4n) is 3.65. The molecule has 0 atom stereocenters.